The zero-order valence-corrected chi connectivity index (χ0v) is 19.2. The van der Waals surface area contributed by atoms with E-state index >= 15 is 0 Å². The Bertz CT molecular complexity index is 858. The normalized spacial score (nSPS) is 14.1. The zero-order chi connectivity index (χ0) is 28.0. The van der Waals surface area contributed by atoms with Crippen LogP contribution in [0.2, 0.25) is 0 Å². The number of ether oxygens (including phenoxy) is 1. The summed E-state index contributed by atoms with van der Waals surface area (Å²) in [6, 6.07) is 0. The first-order valence-electron chi connectivity index (χ1n) is 8.46. The summed E-state index contributed by atoms with van der Waals surface area (Å²) >= 11 is 0. The molecule has 204 valence electrons. The van der Waals surface area contributed by atoms with Crippen molar-refractivity contribution in [2.75, 3.05) is 33.8 Å². The summed E-state index contributed by atoms with van der Waals surface area (Å²) in [5, 5.41) is -14.0. The van der Waals surface area contributed by atoms with E-state index in [9.17, 15) is 65.5 Å². The molecule has 0 aliphatic heterocycles. The SMILES string of the molecule is C=CC(=O)OCCC[N+](C)(C)CC.O=S(=O)([N-]S(=O)(=O)C(F)(F)C(F)(F)F)C(F)(F)C(F)(F)F. The lowest BCUT2D eigenvalue weighted by atomic mass is 10.3. The summed E-state index contributed by atoms with van der Waals surface area (Å²) < 4.78 is 167. The molecular formula is C14H20F10N2O6S2. The predicted molar refractivity (Wildman–Crippen MR) is 96.5 cm³/mol. The van der Waals surface area contributed by atoms with Gasteiger partial charge in [0.05, 0.1) is 33.8 Å². The Morgan fingerprint density at radius 2 is 1.24 bits per heavy atom. The number of carbonyl (C=O) groups is 1. The number of hydrogen-bond donors (Lipinski definition) is 0. The molecule has 0 saturated heterocycles. The predicted octanol–water partition coefficient (Wildman–Crippen LogP) is 3.53. The van der Waals surface area contributed by atoms with Crippen molar-refractivity contribution >= 4 is 26.0 Å². The van der Waals surface area contributed by atoms with E-state index < -0.39 is 42.9 Å². The Morgan fingerprint density at radius 3 is 1.50 bits per heavy atom. The smallest absolute Gasteiger partial charge is 0.462 e. The zero-order valence-electron chi connectivity index (χ0n) is 17.6. The summed E-state index contributed by atoms with van der Waals surface area (Å²) in [4.78, 5) is 10.7. The largest absolute Gasteiger partial charge is 0.467 e. The number of hydrogen-bond acceptors (Lipinski definition) is 6. The molecule has 0 bridgehead atoms. The Morgan fingerprint density at radius 1 is 0.882 bits per heavy atom. The summed E-state index contributed by atoms with van der Waals surface area (Å²) in [5.41, 5.74) is 0. The van der Waals surface area contributed by atoms with Crippen molar-refractivity contribution in [1.82, 2.24) is 0 Å². The van der Waals surface area contributed by atoms with Gasteiger partial charge in [-0.05, 0) is 6.92 Å². The fourth-order valence-electron chi connectivity index (χ4n) is 1.40. The topological polar surface area (TPSA) is 109 Å². The molecule has 0 rings (SSSR count). The van der Waals surface area contributed by atoms with Crippen LogP contribution in [0.1, 0.15) is 13.3 Å². The molecular weight excluding hydrogens is 546 g/mol. The Hall–Kier alpha value is -1.67. The van der Waals surface area contributed by atoms with Gasteiger partial charge in [-0.15, -0.1) is 0 Å². The van der Waals surface area contributed by atoms with Gasteiger partial charge in [-0.3, -0.25) is 0 Å². The van der Waals surface area contributed by atoms with Gasteiger partial charge in [0.25, 0.3) is 0 Å². The van der Waals surface area contributed by atoms with Crippen LogP contribution in [0.15, 0.2) is 12.7 Å². The lowest BCUT2D eigenvalue weighted by Crippen LogP contribution is -2.48. The lowest BCUT2D eigenvalue weighted by molar-refractivity contribution is -0.888. The minimum absolute atomic E-state index is 0.332. The van der Waals surface area contributed by atoms with E-state index in [1.54, 1.807) is 0 Å². The Labute approximate surface area is 188 Å². The summed E-state index contributed by atoms with van der Waals surface area (Å²) in [7, 11) is -10.9. The first kappa shape index (κ1) is 34.5. The molecule has 0 atom stereocenters. The number of carbonyl (C=O) groups excluding carboxylic acids is 1. The van der Waals surface area contributed by atoms with E-state index in [1.807, 2.05) is 0 Å². The highest BCUT2D eigenvalue weighted by atomic mass is 32.3. The van der Waals surface area contributed by atoms with Crippen LogP contribution >= 0.6 is 0 Å². The molecule has 0 saturated carbocycles. The number of alkyl halides is 10. The van der Waals surface area contributed by atoms with Gasteiger partial charge in [0.1, 0.15) is 0 Å². The first-order chi connectivity index (χ1) is 14.7. The maximum absolute atomic E-state index is 12.3. The van der Waals surface area contributed by atoms with Crippen LogP contribution in [-0.2, 0) is 29.6 Å². The Kier molecular flexibility index (Phi) is 11.5. The number of halogens is 10. The first-order valence-corrected chi connectivity index (χ1v) is 11.3. The Balaban J connectivity index is 0. The third-order valence-electron chi connectivity index (χ3n) is 3.68. The fraction of sp³-hybridized carbons (Fsp3) is 0.786. The maximum atomic E-state index is 12.3. The third kappa shape index (κ3) is 9.17. The monoisotopic (exact) mass is 566 g/mol. The highest BCUT2D eigenvalue weighted by molar-refractivity contribution is 8.13. The van der Waals surface area contributed by atoms with Crippen LogP contribution in [0.4, 0.5) is 43.9 Å². The minimum Gasteiger partial charge on any atom is -0.462 e. The van der Waals surface area contributed by atoms with Crippen molar-refractivity contribution in [3.8, 4) is 0 Å². The molecule has 8 nitrogen and oxygen atoms in total. The van der Waals surface area contributed by atoms with Gasteiger partial charge in [0.2, 0.25) is 0 Å². The van der Waals surface area contributed by atoms with E-state index in [-0.39, 0.29) is 5.97 Å². The van der Waals surface area contributed by atoms with Gasteiger partial charge >= 0.3 is 28.8 Å². The highest BCUT2D eigenvalue weighted by Gasteiger charge is 2.68. The van der Waals surface area contributed by atoms with E-state index in [1.165, 1.54) is 6.08 Å². The van der Waals surface area contributed by atoms with Crippen LogP contribution in [0.3, 0.4) is 0 Å². The molecule has 34 heavy (non-hydrogen) atoms. The molecule has 0 radical (unpaired) electrons. The van der Waals surface area contributed by atoms with Gasteiger partial charge in [-0.25, -0.2) is 21.6 Å². The van der Waals surface area contributed by atoms with E-state index in [2.05, 4.69) is 27.6 Å². The van der Waals surface area contributed by atoms with Gasteiger partial charge < -0.3 is 13.3 Å². The number of esters is 1. The summed E-state index contributed by atoms with van der Waals surface area (Å²) in [6.07, 6.45) is -11.9. The molecule has 0 heterocycles. The van der Waals surface area contributed by atoms with Crippen LogP contribution in [0.5, 0.6) is 0 Å². The maximum Gasteiger partial charge on any atom is 0.467 e. The second-order valence-corrected chi connectivity index (χ2v) is 10.3. The molecule has 0 aromatic heterocycles. The second-order valence-electron chi connectivity index (χ2n) is 6.75. The molecule has 0 amide bonds. The number of rotatable bonds is 10. The van der Waals surface area contributed by atoms with Crippen LogP contribution in [0, 0.1) is 0 Å². The van der Waals surface area contributed by atoms with E-state index in [0.29, 0.717) is 10.7 Å². The van der Waals surface area contributed by atoms with Gasteiger partial charge in [-0.2, -0.15) is 43.9 Å². The number of nitrogens with zero attached hydrogens (tertiary/aromatic N) is 2. The molecule has 0 unspecified atom stereocenters. The van der Waals surface area contributed by atoms with E-state index in [4.69, 9.17) is 4.74 Å². The van der Waals surface area contributed by atoms with Crippen molar-refractivity contribution in [2.24, 2.45) is 0 Å². The molecule has 0 N–H and O–H groups in total. The minimum atomic E-state index is -7.62. The number of sulfonamides is 2. The molecule has 20 heteroatoms. The van der Waals surface area contributed by atoms with E-state index in [0.717, 1.165) is 24.0 Å². The summed E-state index contributed by atoms with van der Waals surface area (Å²) in [5.74, 6) is -0.332. The molecule has 0 spiro atoms. The third-order valence-corrected chi connectivity index (χ3v) is 7.01. The molecule has 0 aromatic rings. The van der Waals surface area contributed by atoms with Gasteiger partial charge in [-0.1, -0.05) is 6.58 Å². The average Bonchev–Trinajstić information content (AvgIpc) is 2.62. The van der Waals surface area contributed by atoms with Crippen molar-refractivity contribution in [3.63, 3.8) is 0 Å². The van der Waals surface area contributed by atoms with Crippen LogP contribution in [0.25, 0.3) is 4.13 Å². The number of quaternary nitrogens is 1. The fourth-order valence-corrected chi connectivity index (χ4v) is 3.77. The van der Waals surface area contributed by atoms with Gasteiger partial charge in [0.15, 0.2) is 20.0 Å². The van der Waals surface area contributed by atoms with Crippen molar-refractivity contribution in [1.29, 1.82) is 0 Å². The highest BCUT2D eigenvalue weighted by Crippen LogP contribution is 2.47. The molecule has 0 fully saturated rings. The second kappa shape index (κ2) is 11.4. The molecule has 0 aromatic carbocycles. The quantitative estimate of drug-likeness (QED) is 0.132. The van der Waals surface area contributed by atoms with Crippen LogP contribution in [-0.4, -0.2) is 83.9 Å². The standard InChI is InChI=1S/C10H20NO2.C4F10NO4S2/c1-5-10(12)13-9-7-8-11(3,4)6-2;5-1(6,7)3(11,12)20(16,17)15-21(18,19)4(13,14)2(8,9)10/h5H,1,6-9H2,2-4H3;/q+1;-1. The van der Waals surface area contributed by atoms with Gasteiger partial charge in [0, 0.05) is 12.5 Å². The summed E-state index contributed by atoms with van der Waals surface area (Å²) in [6.45, 7) is 8.09. The molecule has 0 aliphatic carbocycles. The van der Waals surface area contributed by atoms with Crippen LogP contribution < -0.4 is 0 Å². The van der Waals surface area contributed by atoms with Crippen molar-refractivity contribution < 1.29 is 74.8 Å². The lowest BCUT2D eigenvalue weighted by Gasteiger charge is -2.31. The van der Waals surface area contributed by atoms with Crippen molar-refractivity contribution in [3.05, 3.63) is 16.8 Å². The average molecular weight is 566 g/mol. The molecule has 0 aliphatic rings. The van der Waals surface area contributed by atoms with Crippen molar-refractivity contribution in [2.45, 2.75) is 36.2 Å².